The minimum atomic E-state index is -1.75. The highest BCUT2D eigenvalue weighted by molar-refractivity contribution is 5.78. The molecule has 1 aliphatic heterocycles. The standard InChI is InChI=1S/C21H25FN4O.C5H4N2O.CH2F2/c1-13-10-16(11-25-21(13)27-9-7-22)14(2)26-12-18-17(19(26)15-4-5-15)6-8-24-20(18)23-3;8-4-5-3-6-1-2-7-5;2-1-3/h6,8,10-11,14H,4-5,7,9,12H2,1-3H3,(H,23,24);1-4H;1H2. The van der Waals surface area contributed by atoms with Gasteiger partial charge in [-0.15, -0.1) is 0 Å². The fourth-order valence-corrected chi connectivity index (χ4v) is 4.17. The number of aromatic nitrogens is 4. The van der Waals surface area contributed by atoms with Crippen LogP contribution in [0.3, 0.4) is 0 Å². The maximum absolute atomic E-state index is 12.4. The molecule has 5 rings (SSSR count). The predicted octanol–water partition coefficient (Wildman–Crippen LogP) is 5.43. The van der Waals surface area contributed by atoms with Crippen LogP contribution in [0.15, 0.2) is 48.7 Å². The zero-order chi connectivity index (χ0) is 27.5. The van der Waals surface area contributed by atoms with E-state index < -0.39 is 13.6 Å². The summed E-state index contributed by atoms with van der Waals surface area (Å²) in [5, 5.41) is 3.22. The quantitative estimate of drug-likeness (QED) is 0.406. The third-order valence-corrected chi connectivity index (χ3v) is 6.02. The number of nitrogens with zero attached hydrogens (tertiary/aromatic N) is 5. The molecule has 8 nitrogen and oxygen atoms in total. The molecule has 3 aromatic heterocycles. The van der Waals surface area contributed by atoms with Crippen LogP contribution in [0, 0.1) is 6.92 Å². The van der Waals surface area contributed by atoms with E-state index in [1.807, 2.05) is 26.4 Å². The first-order valence-electron chi connectivity index (χ1n) is 12.1. The molecular formula is C27H31F3N6O2. The fraction of sp³-hybridized carbons (Fsp3) is 0.370. The summed E-state index contributed by atoms with van der Waals surface area (Å²) in [4.78, 5) is 28.6. The second-order valence-electron chi connectivity index (χ2n) is 8.47. The van der Waals surface area contributed by atoms with Crippen LogP contribution in [-0.4, -0.2) is 58.4 Å². The number of aryl methyl sites for hydroxylation is 1. The van der Waals surface area contributed by atoms with Gasteiger partial charge in [0.2, 0.25) is 12.8 Å². The first kappa shape index (κ1) is 28.5. The van der Waals surface area contributed by atoms with Crippen LogP contribution in [0.1, 0.15) is 58.5 Å². The second-order valence-corrected chi connectivity index (χ2v) is 8.47. The Morgan fingerprint density at radius 3 is 2.45 bits per heavy atom. The Labute approximate surface area is 220 Å². The Balaban J connectivity index is 0.000000305. The zero-order valence-corrected chi connectivity index (χ0v) is 21.6. The van der Waals surface area contributed by atoms with Crippen molar-refractivity contribution in [1.29, 1.82) is 0 Å². The van der Waals surface area contributed by atoms with Crippen LogP contribution in [-0.2, 0) is 6.54 Å². The van der Waals surface area contributed by atoms with E-state index in [1.54, 1.807) is 0 Å². The summed E-state index contributed by atoms with van der Waals surface area (Å²) < 4.78 is 37.0. The van der Waals surface area contributed by atoms with E-state index in [-0.39, 0.29) is 12.6 Å². The van der Waals surface area contributed by atoms with Gasteiger partial charge in [0.1, 0.15) is 24.8 Å². The summed E-state index contributed by atoms with van der Waals surface area (Å²) >= 11 is 0. The van der Waals surface area contributed by atoms with Crippen LogP contribution >= 0.6 is 0 Å². The molecule has 11 heteroatoms. The van der Waals surface area contributed by atoms with Crippen molar-refractivity contribution in [2.45, 2.75) is 39.3 Å². The van der Waals surface area contributed by atoms with Crippen LogP contribution in [0.25, 0.3) is 5.70 Å². The van der Waals surface area contributed by atoms with Gasteiger partial charge in [-0.3, -0.25) is 14.8 Å². The number of ether oxygens (including phenoxy) is 1. The maximum atomic E-state index is 12.4. The molecule has 1 aliphatic carbocycles. The summed E-state index contributed by atoms with van der Waals surface area (Å²) in [5.74, 6) is 1.46. The van der Waals surface area contributed by atoms with Crippen molar-refractivity contribution in [3.8, 4) is 5.88 Å². The highest BCUT2D eigenvalue weighted by atomic mass is 19.3. The van der Waals surface area contributed by atoms with E-state index in [2.05, 4.69) is 49.2 Å². The number of nitrogens with one attached hydrogen (secondary N) is 1. The highest BCUT2D eigenvalue weighted by Crippen LogP contribution is 2.48. The van der Waals surface area contributed by atoms with Crippen molar-refractivity contribution in [3.63, 3.8) is 0 Å². The number of halogens is 3. The van der Waals surface area contributed by atoms with Crippen molar-refractivity contribution in [1.82, 2.24) is 24.8 Å². The SMILES string of the molecule is CNc1nccc2c1CN(C(C)c1cnc(OCCF)c(C)c1)C2=C1CC1.FCF.O=Cc1cnccn1. The molecule has 1 unspecified atom stereocenters. The van der Waals surface area contributed by atoms with E-state index in [9.17, 15) is 18.0 Å². The number of alkyl halides is 3. The summed E-state index contributed by atoms with van der Waals surface area (Å²) in [7, 11) is 1.92. The number of hydrogen-bond donors (Lipinski definition) is 1. The average molecular weight is 529 g/mol. The molecule has 1 N–H and O–H groups in total. The number of anilines is 1. The molecule has 3 aromatic rings. The Bertz CT molecular complexity index is 1240. The van der Waals surface area contributed by atoms with Gasteiger partial charge >= 0.3 is 0 Å². The molecule has 0 aromatic carbocycles. The van der Waals surface area contributed by atoms with Gasteiger partial charge in [-0.1, -0.05) is 0 Å². The van der Waals surface area contributed by atoms with Gasteiger partial charge in [-0.2, -0.15) is 0 Å². The molecule has 4 heterocycles. The Morgan fingerprint density at radius 1 is 1.13 bits per heavy atom. The molecule has 0 spiro atoms. The van der Waals surface area contributed by atoms with Crippen LogP contribution in [0.5, 0.6) is 5.88 Å². The molecule has 0 bridgehead atoms. The van der Waals surface area contributed by atoms with Crippen LogP contribution < -0.4 is 10.1 Å². The topological polar surface area (TPSA) is 93.1 Å². The lowest BCUT2D eigenvalue weighted by atomic mass is 10.1. The normalized spacial score (nSPS) is 13.9. The lowest BCUT2D eigenvalue weighted by Gasteiger charge is -2.29. The summed E-state index contributed by atoms with van der Waals surface area (Å²) in [6.07, 6.45) is 11.1. The average Bonchev–Trinajstić information content (AvgIpc) is 3.71. The predicted molar refractivity (Wildman–Crippen MR) is 139 cm³/mol. The maximum Gasteiger partial charge on any atom is 0.229 e. The van der Waals surface area contributed by atoms with Crippen molar-refractivity contribution in [3.05, 3.63) is 76.6 Å². The fourth-order valence-electron chi connectivity index (χ4n) is 4.17. The Morgan fingerprint density at radius 2 is 1.89 bits per heavy atom. The second kappa shape index (κ2) is 14.1. The monoisotopic (exact) mass is 528 g/mol. The van der Waals surface area contributed by atoms with Crippen molar-refractivity contribution < 1.29 is 22.7 Å². The summed E-state index contributed by atoms with van der Waals surface area (Å²) in [6, 6.07) is 4.40. The number of carbonyl (C=O) groups excluding carboxylic acids is 1. The number of pyridine rings is 2. The number of fused-ring (bicyclic) bond motifs is 1. The minimum Gasteiger partial charge on any atom is -0.475 e. The molecule has 202 valence electrons. The van der Waals surface area contributed by atoms with Crippen LogP contribution in [0.4, 0.5) is 19.0 Å². The van der Waals surface area contributed by atoms with Gasteiger partial charge in [-0.25, -0.2) is 23.1 Å². The van der Waals surface area contributed by atoms with E-state index in [0.29, 0.717) is 17.9 Å². The number of aldehydes is 1. The van der Waals surface area contributed by atoms with Crippen molar-refractivity contribution in [2.24, 2.45) is 0 Å². The molecular weight excluding hydrogens is 497 g/mol. The third kappa shape index (κ3) is 7.05. The number of carbonyl (C=O) groups is 1. The van der Waals surface area contributed by atoms with Crippen molar-refractivity contribution >= 4 is 17.8 Å². The van der Waals surface area contributed by atoms with E-state index in [1.165, 1.54) is 53.8 Å². The third-order valence-electron chi connectivity index (χ3n) is 6.02. The first-order chi connectivity index (χ1) is 18.5. The van der Waals surface area contributed by atoms with Gasteiger partial charge in [0.25, 0.3) is 0 Å². The number of hydrogen-bond acceptors (Lipinski definition) is 8. The highest BCUT2D eigenvalue weighted by Gasteiger charge is 2.35. The minimum absolute atomic E-state index is 0.0419. The molecule has 0 amide bonds. The smallest absolute Gasteiger partial charge is 0.229 e. The van der Waals surface area contributed by atoms with Gasteiger partial charge < -0.3 is 15.0 Å². The lowest BCUT2D eigenvalue weighted by Crippen LogP contribution is -2.21. The van der Waals surface area contributed by atoms with E-state index in [4.69, 9.17) is 4.74 Å². The number of rotatable bonds is 7. The first-order valence-corrected chi connectivity index (χ1v) is 12.1. The summed E-state index contributed by atoms with van der Waals surface area (Å²) in [6.45, 7) is 2.78. The largest absolute Gasteiger partial charge is 0.475 e. The zero-order valence-electron chi connectivity index (χ0n) is 21.6. The van der Waals surface area contributed by atoms with Gasteiger partial charge in [0, 0.05) is 60.8 Å². The molecule has 38 heavy (non-hydrogen) atoms. The van der Waals surface area contributed by atoms with Crippen molar-refractivity contribution in [2.75, 3.05) is 32.6 Å². The molecule has 1 atom stereocenters. The molecule has 0 radical (unpaired) electrons. The lowest BCUT2D eigenvalue weighted by molar-refractivity contribution is 0.111. The van der Waals surface area contributed by atoms with Gasteiger partial charge in [-0.05, 0) is 50.0 Å². The molecule has 1 fully saturated rings. The van der Waals surface area contributed by atoms with E-state index in [0.717, 1.165) is 23.5 Å². The summed E-state index contributed by atoms with van der Waals surface area (Å²) in [5.41, 5.74) is 7.85. The Hall–Kier alpha value is -4.02. The molecule has 1 saturated carbocycles. The molecule has 2 aliphatic rings. The van der Waals surface area contributed by atoms with E-state index >= 15 is 0 Å². The Kier molecular flexibility index (Phi) is 10.6. The van der Waals surface area contributed by atoms with Gasteiger partial charge in [0.05, 0.1) is 12.2 Å². The van der Waals surface area contributed by atoms with Gasteiger partial charge in [0.15, 0.2) is 6.29 Å². The van der Waals surface area contributed by atoms with Crippen LogP contribution in [0.2, 0.25) is 0 Å². The number of allylic oxidation sites excluding steroid dienone is 1. The molecule has 0 saturated heterocycles.